The van der Waals surface area contributed by atoms with Crippen LogP contribution in [0.1, 0.15) is 17.4 Å². The summed E-state index contributed by atoms with van der Waals surface area (Å²) in [6.45, 7) is 0.422. The smallest absolute Gasteiger partial charge is 0.436 e. The number of esters is 1. The second kappa shape index (κ2) is 5.45. The van der Waals surface area contributed by atoms with Gasteiger partial charge in [-0.25, -0.2) is 9.48 Å². The van der Waals surface area contributed by atoms with Crippen molar-refractivity contribution >= 4 is 5.97 Å². The largest absolute Gasteiger partial charge is 0.490 e. The molecule has 1 aliphatic rings. The molecule has 0 aliphatic carbocycles. The van der Waals surface area contributed by atoms with Crippen LogP contribution in [-0.4, -0.2) is 28.5 Å². The van der Waals surface area contributed by atoms with Crippen molar-refractivity contribution in [3.05, 3.63) is 47.8 Å². The molecule has 2 aromatic rings. The number of carbonyl (C=O) groups excluding carboxylic acids is 1. The molecule has 8 heteroatoms. The molecule has 0 fully saturated rings. The van der Waals surface area contributed by atoms with Crippen molar-refractivity contribution < 1.29 is 22.7 Å². The molecule has 0 amide bonds. The molecule has 0 saturated carbocycles. The van der Waals surface area contributed by atoms with Gasteiger partial charge in [-0.05, 0) is 30.2 Å². The summed E-state index contributed by atoms with van der Waals surface area (Å²) in [6.07, 6.45) is -2.07. The van der Waals surface area contributed by atoms with E-state index in [0.29, 0.717) is 18.5 Å². The highest BCUT2D eigenvalue weighted by molar-refractivity contribution is 5.76. The molecule has 1 unspecified atom stereocenters. The summed E-state index contributed by atoms with van der Waals surface area (Å²) in [5.74, 6) is -2.20. The van der Waals surface area contributed by atoms with Crippen LogP contribution in [0.4, 0.5) is 13.2 Å². The fourth-order valence-corrected chi connectivity index (χ4v) is 2.36. The number of ether oxygens (including phenoxy) is 1. The standard InChI is InChI=1S/C14H12F3N3O2/c15-14(16,17)13(21)22-12-11-3-2-10(20-7-1-5-19-20)8-9(11)4-6-18-12/h1-3,5,7-8,12,18H,4,6H2. The summed E-state index contributed by atoms with van der Waals surface area (Å²) in [6, 6.07) is 6.96. The lowest BCUT2D eigenvalue weighted by molar-refractivity contribution is -0.207. The van der Waals surface area contributed by atoms with Gasteiger partial charge in [0.2, 0.25) is 0 Å². The van der Waals surface area contributed by atoms with Gasteiger partial charge in [0.05, 0.1) is 5.69 Å². The molecular formula is C14H12F3N3O2. The van der Waals surface area contributed by atoms with E-state index in [1.165, 1.54) is 0 Å². The second-order valence-corrected chi connectivity index (χ2v) is 4.82. The fourth-order valence-electron chi connectivity index (χ4n) is 2.36. The Morgan fingerprint density at radius 2 is 2.23 bits per heavy atom. The number of benzene rings is 1. The average molecular weight is 311 g/mol. The molecule has 0 saturated heterocycles. The average Bonchev–Trinajstić information content (AvgIpc) is 3.00. The second-order valence-electron chi connectivity index (χ2n) is 4.82. The van der Waals surface area contributed by atoms with Crippen molar-refractivity contribution in [2.45, 2.75) is 18.8 Å². The maximum atomic E-state index is 12.3. The van der Waals surface area contributed by atoms with Gasteiger partial charge in [-0.3, -0.25) is 5.32 Å². The SMILES string of the molecule is O=C(OC1NCCc2cc(-n3cccn3)ccc21)C(F)(F)F. The minimum atomic E-state index is -5.01. The van der Waals surface area contributed by atoms with Crippen molar-refractivity contribution in [1.29, 1.82) is 0 Å². The number of carbonyl (C=O) groups is 1. The van der Waals surface area contributed by atoms with Crippen molar-refractivity contribution in [3.63, 3.8) is 0 Å². The molecule has 1 aromatic heterocycles. The van der Waals surface area contributed by atoms with Gasteiger partial charge in [0.15, 0.2) is 6.23 Å². The van der Waals surface area contributed by atoms with Gasteiger partial charge in [-0.1, -0.05) is 6.07 Å². The molecular weight excluding hydrogens is 299 g/mol. The molecule has 22 heavy (non-hydrogen) atoms. The van der Waals surface area contributed by atoms with Gasteiger partial charge in [-0.2, -0.15) is 18.3 Å². The third-order valence-corrected chi connectivity index (χ3v) is 3.36. The summed E-state index contributed by atoms with van der Waals surface area (Å²) in [5.41, 5.74) is 2.15. The van der Waals surface area contributed by atoms with Crippen molar-refractivity contribution in [3.8, 4) is 5.69 Å². The molecule has 1 N–H and O–H groups in total. The minimum Gasteiger partial charge on any atom is -0.436 e. The molecule has 0 radical (unpaired) electrons. The van der Waals surface area contributed by atoms with Crippen LogP contribution >= 0.6 is 0 Å². The highest BCUT2D eigenvalue weighted by Gasteiger charge is 2.43. The number of hydrogen-bond acceptors (Lipinski definition) is 4. The number of halogens is 3. The Morgan fingerprint density at radius 3 is 2.91 bits per heavy atom. The lowest BCUT2D eigenvalue weighted by atomic mass is 9.99. The Labute approximate surface area is 123 Å². The first-order valence-electron chi connectivity index (χ1n) is 6.59. The predicted molar refractivity (Wildman–Crippen MR) is 70.2 cm³/mol. The first kappa shape index (κ1) is 14.6. The highest BCUT2D eigenvalue weighted by atomic mass is 19.4. The number of nitrogens with zero attached hydrogens (tertiary/aromatic N) is 2. The molecule has 2 heterocycles. The van der Waals surface area contributed by atoms with E-state index in [0.717, 1.165) is 11.3 Å². The van der Waals surface area contributed by atoms with E-state index in [1.54, 1.807) is 35.3 Å². The van der Waals surface area contributed by atoms with Gasteiger partial charge < -0.3 is 4.74 Å². The van der Waals surface area contributed by atoms with E-state index in [1.807, 2.05) is 6.07 Å². The molecule has 1 aliphatic heterocycles. The molecule has 0 spiro atoms. The molecule has 3 rings (SSSR count). The number of rotatable bonds is 2. The van der Waals surface area contributed by atoms with E-state index in [2.05, 4.69) is 15.2 Å². The molecule has 5 nitrogen and oxygen atoms in total. The Bertz CT molecular complexity index is 683. The number of aromatic nitrogens is 2. The van der Waals surface area contributed by atoms with Gasteiger partial charge in [0, 0.05) is 24.5 Å². The first-order chi connectivity index (χ1) is 10.4. The molecule has 1 aromatic carbocycles. The Morgan fingerprint density at radius 1 is 1.41 bits per heavy atom. The third kappa shape index (κ3) is 2.82. The van der Waals surface area contributed by atoms with Crippen LogP contribution in [0.2, 0.25) is 0 Å². The Hall–Kier alpha value is -2.35. The molecule has 1 atom stereocenters. The van der Waals surface area contributed by atoms with Crippen LogP contribution in [0.15, 0.2) is 36.7 Å². The van der Waals surface area contributed by atoms with Crippen LogP contribution < -0.4 is 5.32 Å². The van der Waals surface area contributed by atoms with Gasteiger partial charge >= 0.3 is 12.1 Å². The summed E-state index contributed by atoms with van der Waals surface area (Å²) in [5, 5.41) is 6.87. The minimum absolute atomic E-state index is 0.422. The van der Waals surface area contributed by atoms with E-state index in [4.69, 9.17) is 0 Å². The monoisotopic (exact) mass is 311 g/mol. The molecule has 0 bridgehead atoms. The summed E-state index contributed by atoms with van der Waals surface area (Å²) >= 11 is 0. The van der Waals surface area contributed by atoms with Crippen LogP contribution in [0.5, 0.6) is 0 Å². The lowest BCUT2D eigenvalue weighted by Crippen LogP contribution is -2.36. The quantitative estimate of drug-likeness (QED) is 0.863. The maximum absolute atomic E-state index is 12.3. The van der Waals surface area contributed by atoms with Crippen molar-refractivity contribution in [1.82, 2.24) is 15.1 Å². The van der Waals surface area contributed by atoms with Crippen LogP contribution in [-0.2, 0) is 16.0 Å². The van der Waals surface area contributed by atoms with E-state index < -0.39 is 18.4 Å². The number of alkyl halides is 3. The van der Waals surface area contributed by atoms with E-state index in [9.17, 15) is 18.0 Å². The normalized spacial score (nSPS) is 17.9. The van der Waals surface area contributed by atoms with E-state index >= 15 is 0 Å². The van der Waals surface area contributed by atoms with Gasteiger partial charge in [0.1, 0.15) is 0 Å². The van der Waals surface area contributed by atoms with Crippen LogP contribution in [0.25, 0.3) is 5.69 Å². The van der Waals surface area contributed by atoms with Gasteiger partial charge in [-0.15, -0.1) is 0 Å². The van der Waals surface area contributed by atoms with E-state index in [-0.39, 0.29) is 0 Å². The molecule has 116 valence electrons. The number of nitrogens with one attached hydrogen (secondary N) is 1. The third-order valence-electron chi connectivity index (χ3n) is 3.36. The van der Waals surface area contributed by atoms with Gasteiger partial charge in [0.25, 0.3) is 0 Å². The summed E-state index contributed by atoms with van der Waals surface area (Å²) < 4.78 is 43.1. The van der Waals surface area contributed by atoms with Crippen molar-refractivity contribution in [2.75, 3.05) is 6.54 Å². The zero-order valence-electron chi connectivity index (χ0n) is 11.3. The Balaban J connectivity index is 1.86. The zero-order valence-corrected chi connectivity index (χ0v) is 11.3. The van der Waals surface area contributed by atoms with Crippen molar-refractivity contribution in [2.24, 2.45) is 0 Å². The maximum Gasteiger partial charge on any atom is 0.490 e. The summed E-state index contributed by atoms with van der Waals surface area (Å²) in [4.78, 5) is 11.0. The first-order valence-corrected chi connectivity index (χ1v) is 6.59. The summed E-state index contributed by atoms with van der Waals surface area (Å²) in [7, 11) is 0. The lowest BCUT2D eigenvalue weighted by Gasteiger charge is -2.27. The highest BCUT2D eigenvalue weighted by Crippen LogP contribution is 2.28. The number of hydrogen-bond donors (Lipinski definition) is 1. The van der Waals surface area contributed by atoms with Crippen LogP contribution in [0.3, 0.4) is 0 Å². The van der Waals surface area contributed by atoms with Crippen LogP contribution in [0, 0.1) is 0 Å². The number of fused-ring (bicyclic) bond motifs is 1. The fraction of sp³-hybridized carbons (Fsp3) is 0.286. The topological polar surface area (TPSA) is 56.1 Å². The zero-order chi connectivity index (χ0) is 15.7. The Kier molecular flexibility index (Phi) is 3.61. The predicted octanol–water partition coefficient (Wildman–Crippen LogP) is 2.12.